The molecule has 1 atom stereocenters. The summed E-state index contributed by atoms with van der Waals surface area (Å²) in [5, 5.41) is 7.73. The van der Waals surface area contributed by atoms with E-state index in [0.717, 1.165) is 34.6 Å². The first kappa shape index (κ1) is 18.2. The quantitative estimate of drug-likeness (QED) is 0.529. The minimum absolute atomic E-state index is 0.374. The Morgan fingerprint density at radius 3 is 2.57 bits per heavy atom. The Hall–Kier alpha value is -3.80. The minimum Gasteiger partial charge on any atom is -0.493 e. The number of hydrogen-bond acceptors (Lipinski definition) is 5. The van der Waals surface area contributed by atoms with Crippen molar-refractivity contribution in [3.05, 3.63) is 89.6 Å². The third-order valence-corrected chi connectivity index (χ3v) is 5.74. The number of H-pyrrole nitrogens is 1. The lowest BCUT2D eigenvalue weighted by atomic mass is 9.68. The van der Waals surface area contributed by atoms with Crippen molar-refractivity contribution in [1.29, 1.82) is 0 Å². The Balaban J connectivity index is 1.67. The third-order valence-electron chi connectivity index (χ3n) is 5.74. The molecular formula is C24H21N3O3. The number of aromatic amines is 1. The summed E-state index contributed by atoms with van der Waals surface area (Å²) < 4.78 is 16.2. The van der Waals surface area contributed by atoms with E-state index in [1.165, 1.54) is 12.0 Å². The van der Waals surface area contributed by atoms with Gasteiger partial charge in [0.05, 0.1) is 14.2 Å². The van der Waals surface area contributed by atoms with Crippen LogP contribution in [0.25, 0.3) is 17.5 Å². The molecule has 1 N–H and O–H groups in total. The van der Waals surface area contributed by atoms with E-state index >= 15 is 0 Å². The second-order valence-corrected chi connectivity index (χ2v) is 7.26. The lowest BCUT2D eigenvalue weighted by Gasteiger charge is -2.34. The first-order valence-corrected chi connectivity index (χ1v) is 9.68. The number of fused-ring (bicyclic) bond motifs is 1. The average Bonchev–Trinajstić information content (AvgIpc) is 3.48. The zero-order chi connectivity index (χ0) is 20.6. The Morgan fingerprint density at radius 2 is 1.83 bits per heavy atom. The fraction of sp³-hybridized carbons (Fsp3) is 0.167. The van der Waals surface area contributed by atoms with Crippen LogP contribution in [0.1, 0.15) is 22.4 Å². The van der Waals surface area contributed by atoms with Gasteiger partial charge in [0.1, 0.15) is 17.7 Å². The molecular weight excluding hydrogens is 378 g/mol. The standard InChI is InChI=1S/C24H21N3O3/c1-28-21-9-8-17(12-22(21)29-2)24(16-6-4-3-5-7-16)11-10-18-19(13-24)26-27-23(18)20-14-30-15-25-20/h3-12,14-15H,13H2,1-2H3,(H,26,27). The van der Waals surface area contributed by atoms with Gasteiger partial charge in [0.25, 0.3) is 0 Å². The van der Waals surface area contributed by atoms with Gasteiger partial charge in [-0.15, -0.1) is 0 Å². The first-order valence-electron chi connectivity index (χ1n) is 9.68. The van der Waals surface area contributed by atoms with Crippen LogP contribution in [-0.4, -0.2) is 29.4 Å². The first-order chi connectivity index (χ1) is 14.7. The van der Waals surface area contributed by atoms with Crippen LogP contribution in [0.3, 0.4) is 0 Å². The topological polar surface area (TPSA) is 73.2 Å². The van der Waals surface area contributed by atoms with Crippen molar-refractivity contribution in [2.45, 2.75) is 11.8 Å². The van der Waals surface area contributed by atoms with Crippen molar-refractivity contribution >= 4 is 6.08 Å². The Kier molecular flexibility index (Phi) is 4.39. The van der Waals surface area contributed by atoms with E-state index in [1.54, 1.807) is 20.5 Å². The van der Waals surface area contributed by atoms with E-state index in [0.29, 0.717) is 11.5 Å². The summed E-state index contributed by atoms with van der Waals surface area (Å²) in [5.41, 5.74) is 5.54. The van der Waals surface area contributed by atoms with Crippen LogP contribution in [0.5, 0.6) is 11.5 Å². The number of nitrogens with zero attached hydrogens (tertiary/aromatic N) is 2. The van der Waals surface area contributed by atoms with Gasteiger partial charge in [0.15, 0.2) is 17.9 Å². The molecule has 2 heterocycles. The average molecular weight is 399 g/mol. The van der Waals surface area contributed by atoms with Gasteiger partial charge in [-0.25, -0.2) is 4.98 Å². The van der Waals surface area contributed by atoms with Gasteiger partial charge in [0.2, 0.25) is 0 Å². The Bertz CT molecular complexity index is 1200. The highest BCUT2D eigenvalue weighted by Gasteiger charge is 2.37. The summed E-state index contributed by atoms with van der Waals surface area (Å²) in [5.74, 6) is 1.41. The van der Waals surface area contributed by atoms with E-state index in [2.05, 4.69) is 63.7 Å². The molecule has 1 aliphatic carbocycles. The molecule has 1 unspecified atom stereocenters. The number of oxazole rings is 1. The minimum atomic E-state index is -0.374. The number of allylic oxidation sites excluding steroid dienone is 1. The lowest BCUT2D eigenvalue weighted by Crippen LogP contribution is -2.30. The predicted octanol–water partition coefficient (Wildman–Crippen LogP) is 4.64. The highest BCUT2D eigenvalue weighted by Crippen LogP contribution is 2.44. The van der Waals surface area contributed by atoms with E-state index in [4.69, 9.17) is 13.9 Å². The highest BCUT2D eigenvalue weighted by atomic mass is 16.5. The van der Waals surface area contributed by atoms with E-state index in [-0.39, 0.29) is 5.41 Å². The second-order valence-electron chi connectivity index (χ2n) is 7.26. The number of benzene rings is 2. The molecule has 6 nitrogen and oxygen atoms in total. The molecule has 2 aromatic heterocycles. The summed E-state index contributed by atoms with van der Waals surface area (Å²) in [7, 11) is 3.30. The molecule has 5 rings (SSSR count). The number of nitrogens with one attached hydrogen (secondary N) is 1. The zero-order valence-corrected chi connectivity index (χ0v) is 16.8. The van der Waals surface area contributed by atoms with E-state index in [1.807, 2.05) is 12.1 Å². The van der Waals surface area contributed by atoms with Crippen molar-refractivity contribution in [3.8, 4) is 22.9 Å². The largest absolute Gasteiger partial charge is 0.493 e. The number of methoxy groups -OCH3 is 2. The Labute approximate surface area is 174 Å². The molecule has 4 aromatic rings. The van der Waals surface area contributed by atoms with Crippen LogP contribution < -0.4 is 9.47 Å². The molecule has 1 aliphatic rings. The molecule has 0 fully saturated rings. The maximum absolute atomic E-state index is 5.58. The molecule has 30 heavy (non-hydrogen) atoms. The van der Waals surface area contributed by atoms with Crippen LogP contribution in [0.2, 0.25) is 0 Å². The van der Waals surface area contributed by atoms with Crippen LogP contribution in [0, 0.1) is 0 Å². The molecule has 0 radical (unpaired) electrons. The van der Waals surface area contributed by atoms with E-state index in [9.17, 15) is 0 Å². The van der Waals surface area contributed by atoms with Crippen LogP contribution >= 0.6 is 0 Å². The van der Waals surface area contributed by atoms with Gasteiger partial charge in [-0.05, 0) is 23.3 Å². The van der Waals surface area contributed by atoms with Crippen molar-refractivity contribution in [2.24, 2.45) is 0 Å². The van der Waals surface area contributed by atoms with Gasteiger partial charge in [-0.3, -0.25) is 5.10 Å². The summed E-state index contributed by atoms with van der Waals surface area (Å²) in [4.78, 5) is 4.25. The summed E-state index contributed by atoms with van der Waals surface area (Å²) in [6.45, 7) is 0. The normalized spacial score (nSPS) is 17.5. The van der Waals surface area contributed by atoms with Crippen molar-refractivity contribution in [3.63, 3.8) is 0 Å². The number of aromatic nitrogens is 3. The molecule has 0 spiro atoms. The highest BCUT2D eigenvalue weighted by molar-refractivity contribution is 5.74. The van der Waals surface area contributed by atoms with Crippen LogP contribution in [0.4, 0.5) is 0 Å². The van der Waals surface area contributed by atoms with Crippen molar-refractivity contribution < 1.29 is 13.9 Å². The molecule has 0 bridgehead atoms. The van der Waals surface area contributed by atoms with Gasteiger partial charge in [0, 0.05) is 23.1 Å². The number of rotatable bonds is 5. The molecule has 0 saturated heterocycles. The van der Waals surface area contributed by atoms with Gasteiger partial charge in [-0.1, -0.05) is 48.6 Å². The molecule has 6 heteroatoms. The third kappa shape index (κ3) is 2.80. The van der Waals surface area contributed by atoms with Crippen molar-refractivity contribution in [1.82, 2.24) is 15.2 Å². The fourth-order valence-electron chi connectivity index (χ4n) is 4.20. The van der Waals surface area contributed by atoms with Gasteiger partial charge in [-0.2, -0.15) is 5.10 Å². The smallest absolute Gasteiger partial charge is 0.181 e. The number of hydrogen-bond donors (Lipinski definition) is 1. The summed E-state index contributed by atoms with van der Waals surface area (Å²) in [6.07, 6.45) is 8.11. The van der Waals surface area contributed by atoms with Crippen LogP contribution in [0.15, 0.2) is 71.7 Å². The molecule has 2 aromatic carbocycles. The van der Waals surface area contributed by atoms with E-state index < -0.39 is 0 Å². The summed E-state index contributed by atoms with van der Waals surface area (Å²) >= 11 is 0. The van der Waals surface area contributed by atoms with Gasteiger partial charge >= 0.3 is 0 Å². The van der Waals surface area contributed by atoms with Gasteiger partial charge < -0.3 is 13.9 Å². The maximum atomic E-state index is 5.58. The zero-order valence-electron chi connectivity index (χ0n) is 16.8. The summed E-state index contributed by atoms with van der Waals surface area (Å²) in [6, 6.07) is 16.6. The molecule has 0 saturated carbocycles. The lowest BCUT2D eigenvalue weighted by molar-refractivity contribution is 0.354. The predicted molar refractivity (Wildman–Crippen MR) is 114 cm³/mol. The maximum Gasteiger partial charge on any atom is 0.181 e. The monoisotopic (exact) mass is 399 g/mol. The molecule has 150 valence electrons. The SMILES string of the molecule is COc1ccc(C2(c3ccccc3)C=Cc3c(-c4cocn4)n[nH]c3C2)cc1OC. The Morgan fingerprint density at radius 1 is 1.00 bits per heavy atom. The molecule has 0 amide bonds. The van der Waals surface area contributed by atoms with Crippen molar-refractivity contribution in [2.75, 3.05) is 14.2 Å². The van der Waals surface area contributed by atoms with Crippen LogP contribution in [-0.2, 0) is 11.8 Å². The fourth-order valence-corrected chi connectivity index (χ4v) is 4.20. The second kappa shape index (κ2) is 7.22. The molecule has 0 aliphatic heterocycles. The number of ether oxygens (including phenoxy) is 2.